The zero-order chi connectivity index (χ0) is 20.7. The molecule has 2 heteroatoms. The van der Waals surface area contributed by atoms with Crippen molar-refractivity contribution in [1.82, 2.24) is 0 Å². The van der Waals surface area contributed by atoms with Crippen LogP contribution < -0.4 is 11.5 Å². The molecule has 4 N–H and O–H groups in total. The first-order valence-electron chi connectivity index (χ1n) is 9.93. The molecule has 0 aliphatic carbocycles. The van der Waals surface area contributed by atoms with Gasteiger partial charge in [0.2, 0.25) is 0 Å². The summed E-state index contributed by atoms with van der Waals surface area (Å²) in [5, 5.41) is 0. The Morgan fingerprint density at radius 3 is 1.41 bits per heavy atom. The monoisotopic (exact) mass is 366 g/mol. The van der Waals surface area contributed by atoms with Crippen LogP contribution in [0.3, 0.4) is 0 Å². The Morgan fingerprint density at radius 2 is 1.00 bits per heavy atom. The maximum atomic E-state index is 5.99. The Kier molecular flexibility index (Phi) is 5.45. The molecule has 0 saturated carbocycles. The lowest BCUT2D eigenvalue weighted by atomic mass is 9.45. The van der Waals surface area contributed by atoms with E-state index in [1.165, 1.54) is 11.1 Å². The van der Waals surface area contributed by atoms with E-state index >= 15 is 0 Å². The van der Waals surface area contributed by atoms with E-state index in [9.17, 15) is 0 Å². The Morgan fingerprint density at radius 1 is 0.593 bits per heavy atom. The van der Waals surface area contributed by atoms with Gasteiger partial charge in [-0.15, -0.1) is 0 Å². The molecule has 0 heterocycles. The van der Waals surface area contributed by atoms with Crippen molar-refractivity contribution in [2.24, 2.45) is 16.2 Å². The summed E-state index contributed by atoms with van der Waals surface area (Å²) in [7, 11) is 0. The highest BCUT2D eigenvalue weighted by Crippen LogP contribution is 2.60. The lowest BCUT2D eigenvalue weighted by molar-refractivity contribution is -0.0604. The molecule has 0 aliphatic heterocycles. The summed E-state index contributed by atoms with van der Waals surface area (Å²) in [5.41, 5.74) is 16.3. The Labute approximate surface area is 166 Å². The van der Waals surface area contributed by atoms with Crippen molar-refractivity contribution >= 4 is 11.4 Å². The Hall–Kier alpha value is -1.96. The number of anilines is 2. The first-order valence-corrected chi connectivity index (χ1v) is 9.93. The second-order valence-electron chi connectivity index (χ2n) is 10.4. The van der Waals surface area contributed by atoms with Crippen molar-refractivity contribution in [1.29, 1.82) is 0 Å². The highest BCUT2D eigenvalue weighted by atomic mass is 14.6. The molecule has 2 rings (SSSR count). The highest BCUT2D eigenvalue weighted by molar-refractivity contribution is 5.44. The number of rotatable bonds is 5. The van der Waals surface area contributed by atoms with Gasteiger partial charge in [0.1, 0.15) is 0 Å². The summed E-state index contributed by atoms with van der Waals surface area (Å²) in [5.74, 6) is 0. The molecular formula is C25H38N2. The third-order valence-corrected chi connectivity index (χ3v) is 7.90. The molecular weight excluding hydrogens is 328 g/mol. The van der Waals surface area contributed by atoms with Crippen LogP contribution in [0.2, 0.25) is 0 Å². The predicted octanol–water partition coefficient (Wildman–Crippen LogP) is 6.45. The Balaban J connectivity index is 2.65. The number of nitrogen functional groups attached to an aromatic ring is 2. The van der Waals surface area contributed by atoms with Crippen molar-refractivity contribution in [3.8, 4) is 0 Å². The van der Waals surface area contributed by atoms with Crippen LogP contribution in [0, 0.1) is 16.2 Å². The molecule has 148 valence electrons. The standard InChI is InChI=1S/C25H38N2/c1-22(2,3)23(4,5)24(6,7)25(8,19-11-15-21(27)16-12-19)17-18-9-13-20(26)14-10-18/h9-16H,17,26-27H2,1-8H3. The third kappa shape index (κ3) is 3.72. The maximum absolute atomic E-state index is 5.99. The van der Waals surface area contributed by atoms with Crippen molar-refractivity contribution in [2.45, 2.75) is 67.2 Å². The summed E-state index contributed by atoms with van der Waals surface area (Å²) in [6.45, 7) is 19.1. The average molecular weight is 367 g/mol. The molecule has 27 heavy (non-hydrogen) atoms. The quantitative estimate of drug-likeness (QED) is 0.597. The van der Waals surface area contributed by atoms with Crippen LogP contribution >= 0.6 is 0 Å². The van der Waals surface area contributed by atoms with Crippen molar-refractivity contribution in [3.63, 3.8) is 0 Å². The molecule has 0 aromatic heterocycles. The molecule has 0 saturated heterocycles. The zero-order valence-electron chi connectivity index (χ0n) is 18.5. The molecule has 0 bridgehead atoms. The SMILES string of the molecule is CC(C)(C)C(C)(C)C(C)(C)C(C)(Cc1ccc(N)cc1)c1ccc(N)cc1. The molecule has 2 aromatic rings. The smallest absolute Gasteiger partial charge is 0.0314 e. The molecule has 2 nitrogen and oxygen atoms in total. The number of hydrogen-bond donors (Lipinski definition) is 2. The third-order valence-electron chi connectivity index (χ3n) is 7.90. The van der Waals surface area contributed by atoms with Crippen LogP contribution in [-0.2, 0) is 11.8 Å². The van der Waals surface area contributed by atoms with Crippen LogP contribution in [0.4, 0.5) is 11.4 Å². The number of hydrogen-bond acceptors (Lipinski definition) is 2. The van der Waals surface area contributed by atoms with E-state index in [-0.39, 0.29) is 21.7 Å². The van der Waals surface area contributed by atoms with Gasteiger partial charge in [-0.3, -0.25) is 0 Å². The molecule has 0 fully saturated rings. The van der Waals surface area contributed by atoms with Crippen LogP contribution in [0.5, 0.6) is 0 Å². The topological polar surface area (TPSA) is 52.0 Å². The van der Waals surface area contributed by atoms with E-state index < -0.39 is 0 Å². The fraction of sp³-hybridized carbons (Fsp3) is 0.520. The molecule has 0 spiro atoms. The van der Waals surface area contributed by atoms with E-state index in [1.807, 2.05) is 24.3 Å². The predicted molar refractivity (Wildman–Crippen MR) is 120 cm³/mol. The molecule has 2 aromatic carbocycles. The molecule has 0 aliphatic rings. The first-order chi connectivity index (χ1) is 12.2. The van der Waals surface area contributed by atoms with Gasteiger partial charge in [0.25, 0.3) is 0 Å². The highest BCUT2D eigenvalue weighted by Gasteiger charge is 2.55. The maximum Gasteiger partial charge on any atom is 0.0314 e. The van der Waals surface area contributed by atoms with Gasteiger partial charge in [0, 0.05) is 16.8 Å². The Bertz CT molecular complexity index is 761. The fourth-order valence-electron chi connectivity index (χ4n) is 4.21. The van der Waals surface area contributed by atoms with Gasteiger partial charge < -0.3 is 11.5 Å². The van der Waals surface area contributed by atoms with E-state index in [1.54, 1.807) is 0 Å². The molecule has 0 radical (unpaired) electrons. The summed E-state index contributed by atoms with van der Waals surface area (Å²) in [6.07, 6.45) is 0.948. The van der Waals surface area contributed by atoms with E-state index in [2.05, 4.69) is 79.7 Å². The summed E-state index contributed by atoms with van der Waals surface area (Å²) in [4.78, 5) is 0. The van der Waals surface area contributed by atoms with E-state index in [0.717, 1.165) is 17.8 Å². The minimum absolute atomic E-state index is 0.00967. The van der Waals surface area contributed by atoms with Gasteiger partial charge in [-0.25, -0.2) is 0 Å². The second-order valence-corrected chi connectivity index (χ2v) is 10.4. The first kappa shape index (κ1) is 21.3. The summed E-state index contributed by atoms with van der Waals surface area (Å²) >= 11 is 0. The summed E-state index contributed by atoms with van der Waals surface area (Å²) < 4.78 is 0. The van der Waals surface area contributed by atoms with E-state index in [0.29, 0.717) is 0 Å². The van der Waals surface area contributed by atoms with Crippen molar-refractivity contribution in [2.75, 3.05) is 11.5 Å². The van der Waals surface area contributed by atoms with Gasteiger partial charge in [-0.05, 0) is 58.1 Å². The van der Waals surface area contributed by atoms with Crippen LogP contribution in [0.1, 0.15) is 66.5 Å². The van der Waals surface area contributed by atoms with Crippen LogP contribution in [-0.4, -0.2) is 0 Å². The van der Waals surface area contributed by atoms with Crippen molar-refractivity contribution in [3.05, 3.63) is 59.7 Å². The van der Waals surface area contributed by atoms with Gasteiger partial charge in [-0.1, -0.05) is 79.7 Å². The van der Waals surface area contributed by atoms with Crippen molar-refractivity contribution < 1.29 is 0 Å². The van der Waals surface area contributed by atoms with Gasteiger partial charge in [0.15, 0.2) is 0 Å². The fourth-order valence-corrected chi connectivity index (χ4v) is 4.21. The largest absolute Gasteiger partial charge is 0.399 e. The number of nitrogens with two attached hydrogens (primary N) is 2. The summed E-state index contributed by atoms with van der Waals surface area (Å²) in [6, 6.07) is 16.8. The lowest BCUT2D eigenvalue weighted by Crippen LogP contribution is -2.54. The number of benzene rings is 2. The molecule has 1 unspecified atom stereocenters. The lowest BCUT2D eigenvalue weighted by Gasteiger charge is -2.59. The molecule has 1 atom stereocenters. The average Bonchev–Trinajstić information content (AvgIpc) is 2.56. The van der Waals surface area contributed by atoms with E-state index in [4.69, 9.17) is 11.5 Å². The normalized spacial score (nSPS) is 15.4. The molecule has 0 amide bonds. The minimum Gasteiger partial charge on any atom is -0.399 e. The van der Waals surface area contributed by atoms with Gasteiger partial charge >= 0.3 is 0 Å². The second kappa shape index (κ2) is 6.89. The van der Waals surface area contributed by atoms with Crippen LogP contribution in [0.25, 0.3) is 0 Å². The minimum atomic E-state index is -0.0758. The van der Waals surface area contributed by atoms with Gasteiger partial charge in [0.05, 0.1) is 0 Å². The van der Waals surface area contributed by atoms with Gasteiger partial charge in [-0.2, -0.15) is 0 Å². The van der Waals surface area contributed by atoms with Crippen LogP contribution in [0.15, 0.2) is 48.5 Å². The zero-order valence-corrected chi connectivity index (χ0v) is 18.5.